The molecule has 1 heterocycles. The van der Waals surface area contributed by atoms with E-state index in [1.807, 2.05) is 45.2 Å². The van der Waals surface area contributed by atoms with Crippen molar-refractivity contribution >= 4 is 11.6 Å². The summed E-state index contributed by atoms with van der Waals surface area (Å²) in [5.74, 6) is 0.696. The van der Waals surface area contributed by atoms with Crippen LogP contribution in [-0.4, -0.2) is 15.9 Å². The Balaban J connectivity index is 2.35. The number of aromatic nitrogens is 2. The zero-order chi connectivity index (χ0) is 14.0. The van der Waals surface area contributed by atoms with E-state index in [2.05, 4.69) is 5.10 Å². The molecule has 0 bridgehead atoms. The number of nitrogens with two attached hydrogens (primary N) is 1. The van der Waals surface area contributed by atoms with E-state index in [9.17, 15) is 0 Å². The van der Waals surface area contributed by atoms with Crippen LogP contribution in [0.5, 0.6) is 5.75 Å². The van der Waals surface area contributed by atoms with Crippen molar-refractivity contribution in [3.8, 4) is 17.0 Å². The van der Waals surface area contributed by atoms with E-state index in [0.717, 1.165) is 17.0 Å². The van der Waals surface area contributed by atoms with E-state index in [4.69, 9.17) is 22.1 Å². The first-order valence-corrected chi connectivity index (χ1v) is 6.58. The first kappa shape index (κ1) is 13.9. The average Bonchev–Trinajstić information content (AvgIpc) is 2.73. The van der Waals surface area contributed by atoms with E-state index in [-0.39, 0.29) is 6.10 Å². The number of benzene rings is 1. The molecule has 5 heteroatoms. The quantitative estimate of drug-likeness (QED) is 0.936. The lowest BCUT2D eigenvalue weighted by Crippen LogP contribution is -2.05. The van der Waals surface area contributed by atoms with Gasteiger partial charge in [0.1, 0.15) is 5.75 Å². The van der Waals surface area contributed by atoms with E-state index in [1.165, 1.54) is 0 Å². The Bertz CT molecular complexity index is 578. The highest BCUT2D eigenvalue weighted by atomic mass is 35.5. The van der Waals surface area contributed by atoms with Gasteiger partial charge in [0.25, 0.3) is 0 Å². The van der Waals surface area contributed by atoms with Crippen LogP contribution < -0.4 is 10.5 Å². The highest BCUT2D eigenvalue weighted by Gasteiger charge is 2.10. The largest absolute Gasteiger partial charge is 0.489 e. The molecule has 19 heavy (non-hydrogen) atoms. The Morgan fingerprint density at radius 3 is 2.63 bits per heavy atom. The van der Waals surface area contributed by atoms with Gasteiger partial charge in [0.05, 0.1) is 22.5 Å². The van der Waals surface area contributed by atoms with Crippen molar-refractivity contribution in [1.29, 1.82) is 0 Å². The number of hydrogen-bond acceptors (Lipinski definition) is 3. The summed E-state index contributed by atoms with van der Waals surface area (Å²) in [6.45, 7) is 4.37. The minimum absolute atomic E-state index is 0.101. The summed E-state index contributed by atoms with van der Waals surface area (Å²) in [4.78, 5) is 0. The summed E-state index contributed by atoms with van der Waals surface area (Å²) in [6, 6.07) is 7.71. The Labute approximate surface area is 118 Å². The third-order valence-corrected chi connectivity index (χ3v) is 3.03. The first-order chi connectivity index (χ1) is 9.01. The third kappa shape index (κ3) is 3.08. The van der Waals surface area contributed by atoms with Gasteiger partial charge in [0, 0.05) is 19.2 Å². The molecular weight excluding hydrogens is 262 g/mol. The van der Waals surface area contributed by atoms with Crippen molar-refractivity contribution in [3.63, 3.8) is 0 Å². The molecule has 0 aliphatic heterocycles. The molecule has 0 fully saturated rings. The van der Waals surface area contributed by atoms with Crippen molar-refractivity contribution in [2.45, 2.75) is 26.5 Å². The van der Waals surface area contributed by atoms with Gasteiger partial charge in [-0.1, -0.05) is 11.6 Å². The molecule has 4 nitrogen and oxygen atoms in total. The molecule has 102 valence electrons. The van der Waals surface area contributed by atoms with Gasteiger partial charge < -0.3 is 10.5 Å². The van der Waals surface area contributed by atoms with Gasteiger partial charge >= 0.3 is 0 Å². The summed E-state index contributed by atoms with van der Waals surface area (Å²) in [6.07, 6.45) is 0.101. The van der Waals surface area contributed by atoms with Gasteiger partial charge in [-0.2, -0.15) is 5.10 Å². The van der Waals surface area contributed by atoms with E-state index in [0.29, 0.717) is 17.3 Å². The molecule has 1 aromatic carbocycles. The Morgan fingerprint density at radius 2 is 2.11 bits per heavy atom. The molecule has 0 radical (unpaired) electrons. The Morgan fingerprint density at radius 1 is 1.37 bits per heavy atom. The first-order valence-electron chi connectivity index (χ1n) is 6.21. The minimum atomic E-state index is 0.101. The number of hydrogen-bond donors (Lipinski definition) is 1. The molecule has 2 rings (SSSR count). The summed E-state index contributed by atoms with van der Waals surface area (Å²) in [7, 11) is 1.89. The lowest BCUT2D eigenvalue weighted by atomic mass is 10.1. The number of ether oxygens (including phenoxy) is 1. The molecule has 0 unspecified atom stereocenters. The van der Waals surface area contributed by atoms with Gasteiger partial charge in [-0.3, -0.25) is 4.68 Å². The smallest absolute Gasteiger partial charge is 0.138 e. The van der Waals surface area contributed by atoms with Crippen LogP contribution in [0.25, 0.3) is 11.3 Å². The van der Waals surface area contributed by atoms with E-state index >= 15 is 0 Å². The predicted molar refractivity (Wildman–Crippen MR) is 77.3 cm³/mol. The van der Waals surface area contributed by atoms with Crippen molar-refractivity contribution in [1.82, 2.24) is 9.78 Å². The fraction of sp³-hybridized carbons (Fsp3) is 0.357. The maximum Gasteiger partial charge on any atom is 0.138 e. The van der Waals surface area contributed by atoms with Crippen LogP contribution in [0.15, 0.2) is 24.3 Å². The van der Waals surface area contributed by atoms with Crippen LogP contribution in [0, 0.1) is 0 Å². The number of aryl methyl sites for hydroxylation is 1. The van der Waals surface area contributed by atoms with Gasteiger partial charge in [-0.05, 0) is 38.1 Å². The molecule has 2 N–H and O–H groups in total. The van der Waals surface area contributed by atoms with Crippen LogP contribution in [0.1, 0.15) is 19.5 Å². The molecule has 0 saturated heterocycles. The third-order valence-electron chi connectivity index (χ3n) is 2.73. The number of rotatable bonds is 4. The van der Waals surface area contributed by atoms with Gasteiger partial charge in [-0.15, -0.1) is 0 Å². The molecule has 0 atom stereocenters. The molecule has 2 aromatic rings. The van der Waals surface area contributed by atoms with Crippen LogP contribution in [0.4, 0.5) is 0 Å². The van der Waals surface area contributed by atoms with Crippen LogP contribution in [0.3, 0.4) is 0 Å². The second-order valence-electron chi connectivity index (χ2n) is 4.66. The Hall–Kier alpha value is -1.52. The monoisotopic (exact) mass is 279 g/mol. The van der Waals surface area contributed by atoms with Gasteiger partial charge in [-0.25, -0.2) is 0 Å². The maximum absolute atomic E-state index is 6.24. The second-order valence-corrected chi connectivity index (χ2v) is 5.07. The lowest BCUT2D eigenvalue weighted by molar-refractivity contribution is 0.242. The van der Waals surface area contributed by atoms with Crippen molar-refractivity contribution in [3.05, 3.63) is 35.0 Å². The molecule has 0 spiro atoms. The maximum atomic E-state index is 6.24. The SMILES string of the molecule is CC(C)Oc1ccc(-c2cc(CN)nn2C)cc1Cl. The van der Waals surface area contributed by atoms with Gasteiger partial charge in [0.15, 0.2) is 0 Å². The summed E-state index contributed by atoms with van der Waals surface area (Å²) < 4.78 is 7.42. The van der Waals surface area contributed by atoms with E-state index in [1.54, 1.807) is 4.68 Å². The summed E-state index contributed by atoms with van der Waals surface area (Å²) >= 11 is 6.24. The average molecular weight is 280 g/mol. The van der Waals surface area contributed by atoms with Crippen molar-refractivity contribution in [2.75, 3.05) is 0 Å². The number of halogens is 1. The molecule has 0 amide bonds. The highest BCUT2D eigenvalue weighted by Crippen LogP contribution is 2.31. The topological polar surface area (TPSA) is 53.1 Å². The minimum Gasteiger partial charge on any atom is -0.489 e. The fourth-order valence-corrected chi connectivity index (χ4v) is 2.13. The molecule has 0 saturated carbocycles. The van der Waals surface area contributed by atoms with Crippen LogP contribution in [0.2, 0.25) is 5.02 Å². The Kier molecular flexibility index (Phi) is 4.12. The molecule has 0 aliphatic rings. The predicted octanol–water partition coefficient (Wildman–Crippen LogP) is 2.99. The van der Waals surface area contributed by atoms with Crippen LogP contribution >= 0.6 is 11.6 Å². The molecular formula is C14H18ClN3O. The van der Waals surface area contributed by atoms with Crippen molar-refractivity contribution < 1.29 is 4.74 Å². The second kappa shape index (κ2) is 5.63. The van der Waals surface area contributed by atoms with E-state index < -0.39 is 0 Å². The van der Waals surface area contributed by atoms with Crippen LogP contribution in [-0.2, 0) is 13.6 Å². The zero-order valence-corrected chi connectivity index (χ0v) is 12.1. The zero-order valence-electron chi connectivity index (χ0n) is 11.4. The lowest BCUT2D eigenvalue weighted by Gasteiger charge is -2.12. The molecule has 0 aliphatic carbocycles. The van der Waals surface area contributed by atoms with Gasteiger partial charge in [0.2, 0.25) is 0 Å². The number of nitrogens with zero attached hydrogens (tertiary/aromatic N) is 2. The standard InChI is InChI=1S/C14H18ClN3O/c1-9(2)19-14-5-4-10(6-12(14)15)13-7-11(8-16)17-18(13)3/h4-7,9H,8,16H2,1-3H3. The summed E-state index contributed by atoms with van der Waals surface area (Å²) in [5, 5.41) is 4.92. The molecule has 1 aromatic heterocycles. The summed E-state index contributed by atoms with van der Waals surface area (Å²) in [5.41, 5.74) is 8.44. The fourth-order valence-electron chi connectivity index (χ4n) is 1.91. The highest BCUT2D eigenvalue weighted by molar-refractivity contribution is 6.32. The van der Waals surface area contributed by atoms with Crippen molar-refractivity contribution in [2.24, 2.45) is 12.8 Å². The normalized spacial score (nSPS) is 11.1.